The molecule has 2 heterocycles. The zero-order valence-electron chi connectivity index (χ0n) is 17.8. The van der Waals surface area contributed by atoms with E-state index in [1.54, 1.807) is 6.20 Å². The first kappa shape index (κ1) is 20.7. The van der Waals surface area contributed by atoms with Gasteiger partial charge in [0.2, 0.25) is 0 Å². The number of urea groups is 1. The van der Waals surface area contributed by atoms with Gasteiger partial charge in [-0.1, -0.05) is 32.0 Å². The van der Waals surface area contributed by atoms with Crippen LogP contribution in [0.25, 0.3) is 11.3 Å². The van der Waals surface area contributed by atoms with E-state index in [0.29, 0.717) is 24.7 Å². The Morgan fingerprint density at radius 2 is 1.97 bits per heavy atom. The SMILES string of the molecule is CC(C)CNC(=O)Nc1cc(-c2[nH]c3c(c2Nc2ccccc2)C(=O)CCC3)ccn1. The number of aryl methyl sites for hydroxylation is 1. The maximum absolute atomic E-state index is 12.7. The lowest BCUT2D eigenvalue weighted by Crippen LogP contribution is -2.31. The van der Waals surface area contributed by atoms with Gasteiger partial charge in [0, 0.05) is 36.1 Å². The number of H-pyrrole nitrogens is 1. The molecule has 4 N–H and O–H groups in total. The van der Waals surface area contributed by atoms with Crippen LogP contribution in [-0.2, 0) is 6.42 Å². The highest BCUT2D eigenvalue weighted by Crippen LogP contribution is 2.39. The molecule has 0 unspecified atom stereocenters. The molecule has 0 aliphatic heterocycles. The molecular weight excluding hydrogens is 390 g/mol. The van der Waals surface area contributed by atoms with Crippen LogP contribution in [0.1, 0.15) is 42.7 Å². The molecule has 4 rings (SSSR count). The first-order valence-electron chi connectivity index (χ1n) is 10.6. The van der Waals surface area contributed by atoms with E-state index < -0.39 is 0 Å². The largest absolute Gasteiger partial charge is 0.356 e. The third-order valence-corrected chi connectivity index (χ3v) is 5.19. The van der Waals surface area contributed by atoms with Crippen LogP contribution in [0, 0.1) is 5.92 Å². The van der Waals surface area contributed by atoms with Crippen LogP contribution in [0.15, 0.2) is 48.7 Å². The monoisotopic (exact) mass is 417 g/mol. The van der Waals surface area contributed by atoms with Crippen molar-refractivity contribution in [3.8, 4) is 11.3 Å². The lowest BCUT2D eigenvalue weighted by atomic mass is 9.95. The number of para-hydroxylation sites is 1. The van der Waals surface area contributed by atoms with Gasteiger partial charge in [0.1, 0.15) is 5.82 Å². The van der Waals surface area contributed by atoms with Crippen molar-refractivity contribution in [2.24, 2.45) is 5.92 Å². The lowest BCUT2D eigenvalue weighted by Gasteiger charge is -2.14. The molecule has 31 heavy (non-hydrogen) atoms. The number of ketones is 1. The van der Waals surface area contributed by atoms with Crippen LogP contribution in [0.3, 0.4) is 0 Å². The van der Waals surface area contributed by atoms with E-state index >= 15 is 0 Å². The number of carbonyl (C=O) groups is 2. The molecule has 1 aromatic carbocycles. The highest BCUT2D eigenvalue weighted by molar-refractivity contribution is 6.07. The van der Waals surface area contributed by atoms with Gasteiger partial charge in [0.05, 0.1) is 16.9 Å². The van der Waals surface area contributed by atoms with E-state index in [9.17, 15) is 9.59 Å². The Bertz CT molecular complexity index is 1090. The second-order valence-electron chi connectivity index (χ2n) is 8.15. The van der Waals surface area contributed by atoms with Crippen LogP contribution in [0.5, 0.6) is 0 Å². The molecule has 2 amide bonds. The van der Waals surface area contributed by atoms with E-state index in [-0.39, 0.29) is 11.8 Å². The van der Waals surface area contributed by atoms with Crippen LogP contribution < -0.4 is 16.0 Å². The van der Waals surface area contributed by atoms with E-state index in [1.165, 1.54) is 0 Å². The summed E-state index contributed by atoms with van der Waals surface area (Å²) < 4.78 is 0. The number of Topliss-reactive ketones (excluding diaryl/α,β-unsaturated/α-hetero) is 1. The zero-order chi connectivity index (χ0) is 21.8. The molecule has 1 aliphatic rings. The fraction of sp³-hybridized carbons (Fsp3) is 0.292. The summed E-state index contributed by atoms with van der Waals surface area (Å²) in [6.07, 6.45) is 3.88. The fourth-order valence-electron chi connectivity index (χ4n) is 3.72. The summed E-state index contributed by atoms with van der Waals surface area (Å²) in [5, 5.41) is 9.04. The van der Waals surface area contributed by atoms with Gasteiger partial charge >= 0.3 is 6.03 Å². The number of amides is 2. The maximum Gasteiger partial charge on any atom is 0.320 e. The Labute approximate surface area is 181 Å². The smallest absolute Gasteiger partial charge is 0.320 e. The van der Waals surface area contributed by atoms with Gasteiger partial charge in [-0.05, 0) is 43.0 Å². The van der Waals surface area contributed by atoms with Crippen LogP contribution >= 0.6 is 0 Å². The summed E-state index contributed by atoms with van der Waals surface area (Å²) in [7, 11) is 0. The number of nitrogens with one attached hydrogen (secondary N) is 4. The van der Waals surface area contributed by atoms with Gasteiger partial charge in [-0.25, -0.2) is 9.78 Å². The Hall–Kier alpha value is -3.61. The Morgan fingerprint density at radius 1 is 1.16 bits per heavy atom. The number of hydrogen-bond donors (Lipinski definition) is 4. The number of benzene rings is 1. The van der Waals surface area contributed by atoms with E-state index in [4.69, 9.17) is 0 Å². The molecule has 3 aromatic rings. The minimum absolute atomic E-state index is 0.141. The number of aromatic nitrogens is 2. The molecule has 2 aromatic heterocycles. The third kappa shape index (κ3) is 4.77. The predicted molar refractivity (Wildman–Crippen MR) is 123 cm³/mol. The average Bonchev–Trinajstić information content (AvgIpc) is 3.13. The van der Waals surface area contributed by atoms with Crippen molar-refractivity contribution in [3.05, 3.63) is 59.9 Å². The molecule has 0 saturated heterocycles. The summed E-state index contributed by atoms with van der Waals surface area (Å²) in [5.74, 6) is 0.949. The van der Waals surface area contributed by atoms with Crippen molar-refractivity contribution in [2.75, 3.05) is 17.2 Å². The molecule has 0 spiro atoms. The number of fused-ring (bicyclic) bond motifs is 1. The lowest BCUT2D eigenvalue weighted by molar-refractivity contribution is 0.0973. The molecule has 0 bridgehead atoms. The molecule has 7 heteroatoms. The van der Waals surface area contributed by atoms with Gasteiger partial charge in [-0.2, -0.15) is 0 Å². The molecule has 0 atom stereocenters. The topological polar surface area (TPSA) is 98.9 Å². The number of rotatable bonds is 6. The highest BCUT2D eigenvalue weighted by atomic mass is 16.2. The van der Waals surface area contributed by atoms with Crippen molar-refractivity contribution >= 4 is 29.0 Å². The molecule has 160 valence electrons. The van der Waals surface area contributed by atoms with Gasteiger partial charge < -0.3 is 15.6 Å². The molecule has 0 saturated carbocycles. The summed E-state index contributed by atoms with van der Waals surface area (Å²) >= 11 is 0. The van der Waals surface area contributed by atoms with Crippen molar-refractivity contribution in [2.45, 2.75) is 33.1 Å². The second-order valence-corrected chi connectivity index (χ2v) is 8.15. The van der Waals surface area contributed by atoms with Gasteiger partial charge in [-0.15, -0.1) is 0 Å². The molecule has 0 radical (unpaired) electrons. The van der Waals surface area contributed by atoms with E-state index in [1.807, 2.05) is 56.3 Å². The molecule has 7 nitrogen and oxygen atoms in total. The maximum atomic E-state index is 12.7. The predicted octanol–water partition coefficient (Wildman–Crippen LogP) is 5.12. The van der Waals surface area contributed by atoms with Crippen molar-refractivity contribution < 1.29 is 9.59 Å². The van der Waals surface area contributed by atoms with Gasteiger partial charge in [-0.3, -0.25) is 10.1 Å². The second kappa shape index (κ2) is 9.04. The van der Waals surface area contributed by atoms with Gasteiger partial charge in [0.15, 0.2) is 5.78 Å². The number of hydrogen-bond acceptors (Lipinski definition) is 4. The summed E-state index contributed by atoms with van der Waals surface area (Å²) in [6.45, 7) is 4.66. The van der Waals surface area contributed by atoms with Gasteiger partial charge in [0.25, 0.3) is 0 Å². The minimum atomic E-state index is -0.290. The molecule has 0 fully saturated rings. The number of pyridine rings is 1. The van der Waals surface area contributed by atoms with Crippen LogP contribution in [0.4, 0.5) is 22.0 Å². The first-order valence-corrected chi connectivity index (χ1v) is 10.6. The van der Waals surface area contributed by atoms with Crippen molar-refractivity contribution in [1.82, 2.24) is 15.3 Å². The number of anilines is 3. The standard InChI is InChI=1S/C24H27N5O2/c1-15(2)14-26-24(31)29-20-13-16(11-12-25-20)22-23(27-17-7-4-3-5-8-17)21-18(28-22)9-6-10-19(21)30/h3-5,7-8,11-13,15,27-28H,6,9-10,14H2,1-2H3,(H2,25,26,29,31). The quantitative estimate of drug-likeness (QED) is 0.447. The third-order valence-electron chi connectivity index (χ3n) is 5.19. The van der Waals surface area contributed by atoms with Crippen molar-refractivity contribution in [1.29, 1.82) is 0 Å². The summed E-state index contributed by atoms with van der Waals surface area (Å²) in [4.78, 5) is 32.6. The first-order chi connectivity index (χ1) is 15.0. The normalized spacial score (nSPS) is 13.1. The van der Waals surface area contributed by atoms with Crippen LogP contribution in [-0.4, -0.2) is 28.3 Å². The fourth-order valence-corrected chi connectivity index (χ4v) is 3.72. The van der Waals surface area contributed by atoms with E-state index in [0.717, 1.165) is 46.7 Å². The average molecular weight is 418 g/mol. The molecular formula is C24H27N5O2. The number of carbonyl (C=O) groups excluding carboxylic acids is 2. The van der Waals surface area contributed by atoms with E-state index in [2.05, 4.69) is 25.9 Å². The Morgan fingerprint density at radius 3 is 2.74 bits per heavy atom. The zero-order valence-corrected chi connectivity index (χ0v) is 17.8. The minimum Gasteiger partial charge on any atom is -0.356 e. The van der Waals surface area contributed by atoms with Crippen molar-refractivity contribution in [3.63, 3.8) is 0 Å². The summed E-state index contributed by atoms with van der Waals surface area (Å²) in [6, 6.07) is 13.2. The number of nitrogens with zero attached hydrogens (tertiary/aromatic N) is 1. The van der Waals surface area contributed by atoms with Crippen LogP contribution in [0.2, 0.25) is 0 Å². The molecule has 1 aliphatic carbocycles. The number of aromatic amines is 1. The Balaban J connectivity index is 1.68. The Kier molecular flexibility index (Phi) is 6.02. The summed E-state index contributed by atoms with van der Waals surface area (Å²) in [5.41, 5.74) is 5.01. The highest BCUT2D eigenvalue weighted by Gasteiger charge is 2.27.